The van der Waals surface area contributed by atoms with Crippen LogP contribution in [0.4, 0.5) is 0 Å². The molecule has 2 aromatic heterocycles. The summed E-state index contributed by atoms with van der Waals surface area (Å²) >= 11 is 0. The Bertz CT molecular complexity index is 945. The van der Waals surface area contributed by atoms with Crippen LogP contribution >= 0.6 is 0 Å². The van der Waals surface area contributed by atoms with Crippen molar-refractivity contribution in [1.82, 2.24) is 19.6 Å². The van der Waals surface area contributed by atoms with E-state index in [9.17, 15) is 16.8 Å². The third-order valence-corrected chi connectivity index (χ3v) is 6.85. The van der Waals surface area contributed by atoms with E-state index in [0.29, 0.717) is 19.6 Å². The maximum absolute atomic E-state index is 13.0. The third kappa shape index (κ3) is 3.71. The lowest BCUT2D eigenvalue weighted by atomic mass is 10.1. The van der Waals surface area contributed by atoms with Gasteiger partial charge in [0.2, 0.25) is 10.0 Å². The van der Waals surface area contributed by atoms with Crippen molar-refractivity contribution >= 4 is 19.9 Å². The fraction of sp³-hybridized carbons (Fsp3) is 0.333. The van der Waals surface area contributed by atoms with E-state index >= 15 is 0 Å². The Hall–Kier alpha value is -1.88. The van der Waals surface area contributed by atoms with Crippen LogP contribution in [0.15, 0.2) is 52.8 Å². The van der Waals surface area contributed by atoms with Crippen molar-refractivity contribution < 1.29 is 16.8 Å². The Morgan fingerprint density at radius 2 is 1.96 bits per heavy atom. The molecule has 0 spiro atoms. The van der Waals surface area contributed by atoms with Gasteiger partial charge in [-0.15, -0.1) is 0 Å². The minimum absolute atomic E-state index is 0.0318. The fourth-order valence-corrected chi connectivity index (χ4v) is 4.82. The number of hydrogen-bond donors (Lipinski definition) is 1. The first-order chi connectivity index (χ1) is 11.8. The summed E-state index contributed by atoms with van der Waals surface area (Å²) in [6, 6.07) is 5.70. The van der Waals surface area contributed by atoms with Crippen LogP contribution in [0, 0.1) is 0 Å². The fourth-order valence-electron chi connectivity index (χ4n) is 2.70. The maximum Gasteiger partial charge on any atom is 0.245 e. The smallest absolute Gasteiger partial charge is 0.245 e. The number of pyridine rings is 2. The van der Waals surface area contributed by atoms with E-state index in [4.69, 9.17) is 0 Å². The molecule has 0 bridgehead atoms. The average molecular weight is 382 g/mol. The Balaban J connectivity index is 1.97. The summed E-state index contributed by atoms with van der Waals surface area (Å²) in [5, 5.41) is 3.03. The zero-order valence-corrected chi connectivity index (χ0v) is 15.2. The number of hydrogen-bond acceptors (Lipinski definition) is 7. The van der Waals surface area contributed by atoms with Crippen molar-refractivity contribution in [2.45, 2.75) is 16.0 Å². The molecule has 1 N–H and O–H groups in total. The second-order valence-electron chi connectivity index (χ2n) is 5.73. The van der Waals surface area contributed by atoms with Gasteiger partial charge in [-0.3, -0.25) is 4.98 Å². The molecule has 134 valence electrons. The van der Waals surface area contributed by atoms with Gasteiger partial charge in [0.25, 0.3) is 0 Å². The molecule has 2 aromatic rings. The van der Waals surface area contributed by atoms with E-state index in [2.05, 4.69) is 15.3 Å². The molecule has 0 radical (unpaired) electrons. The van der Waals surface area contributed by atoms with Gasteiger partial charge in [-0.2, -0.15) is 4.31 Å². The molecule has 0 aliphatic carbocycles. The van der Waals surface area contributed by atoms with E-state index in [1.54, 1.807) is 18.5 Å². The van der Waals surface area contributed by atoms with Gasteiger partial charge in [-0.25, -0.2) is 21.8 Å². The molecule has 25 heavy (non-hydrogen) atoms. The second-order valence-corrected chi connectivity index (χ2v) is 9.58. The number of nitrogens with one attached hydrogen (secondary N) is 1. The van der Waals surface area contributed by atoms with Gasteiger partial charge in [0.15, 0.2) is 14.9 Å². The normalized spacial score (nSPS) is 19.6. The van der Waals surface area contributed by atoms with Gasteiger partial charge in [0, 0.05) is 44.5 Å². The number of rotatable bonds is 4. The Kier molecular flexibility index (Phi) is 4.87. The quantitative estimate of drug-likeness (QED) is 0.805. The van der Waals surface area contributed by atoms with Gasteiger partial charge in [0.05, 0.1) is 6.04 Å². The zero-order chi connectivity index (χ0) is 18.1. The Morgan fingerprint density at radius 3 is 2.56 bits per heavy atom. The standard InChI is InChI=1S/C15H18N4O4S2/c1-24(20,21)15-5-4-13(10-18-15)25(22,23)19-8-7-17-11-14(19)12-3-2-6-16-9-12/h2-6,9-10,14,17H,7-8,11H2,1H3. The van der Waals surface area contributed by atoms with Crippen LogP contribution in [0.3, 0.4) is 0 Å². The highest BCUT2D eigenvalue weighted by Crippen LogP contribution is 2.28. The van der Waals surface area contributed by atoms with E-state index in [0.717, 1.165) is 18.0 Å². The third-order valence-electron chi connectivity index (χ3n) is 3.96. The Morgan fingerprint density at radius 1 is 1.16 bits per heavy atom. The molecule has 1 atom stereocenters. The summed E-state index contributed by atoms with van der Waals surface area (Å²) in [4.78, 5) is 7.81. The van der Waals surface area contributed by atoms with E-state index < -0.39 is 19.9 Å². The van der Waals surface area contributed by atoms with Crippen LogP contribution < -0.4 is 5.32 Å². The van der Waals surface area contributed by atoms with Crippen LogP contribution in [0.2, 0.25) is 0 Å². The maximum atomic E-state index is 13.0. The van der Waals surface area contributed by atoms with Gasteiger partial charge >= 0.3 is 0 Å². The summed E-state index contributed by atoms with van der Waals surface area (Å²) in [6.07, 6.45) is 5.39. The summed E-state index contributed by atoms with van der Waals surface area (Å²) in [7, 11) is -7.29. The molecule has 0 amide bonds. The lowest BCUT2D eigenvalue weighted by molar-refractivity contribution is 0.271. The molecule has 0 saturated carbocycles. The average Bonchev–Trinajstić information content (AvgIpc) is 2.62. The van der Waals surface area contributed by atoms with Crippen molar-refractivity contribution in [1.29, 1.82) is 0 Å². The Labute approximate surface area is 146 Å². The van der Waals surface area contributed by atoms with Crippen molar-refractivity contribution in [3.05, 3.63) is 48.4 Å². The second kappa shape index (κ2) is 6.79. The SMILES string of the molecule is CS(=O)(=O)c1ccc(S(=O)(=O)N2CCNCC2c2cccnc2)cn1. The molecule has 10 heteroatoms. The highest BCUT2D eigenvalue weighted by atomic mass is 32.2. The van der Waals surface area contributed by atoms with Gasteiger partial charge in [0.1, 0.15) is 4.90 Å². The van der Waals surface area contributed by atoms with Crippen LogP contribution in [-0.4, -0.2) is 57.0 Å². The predicted octanol–water partition coefficient (Wildman–Crippen LogP) is 0.215. The lowest BCUT2D eigenvalue weighted by Crippen LogP contribution is -2.48. The molecule has 0 aromatic carbocycles. The molecule has 1 unspecified atom stereocenters. The van der Waals surface area contributed by atoms with Gasteiger partial charge in [-0.1, -0.05) is 6.07 Å². The minimum atomic E-state index is -3.81. The summed E-state index contributed by atoms with van der Waals surface area (Å²) in [6.45, 7) is 1.31. The lowest BCUT2D eigenvalue weighted by Gasteiger charge is -2.35. The monoisotopic (exact) mass is 382 g/mol. The number of sulfone groups is 1. The first-order valence-electron chi connectivity index (χ1n) is 7.59. The molecular formula is C15H18N4O4S2. The zero-order valence-electron chi connectivity index (χ0n) is 13.5. The highest BCUT2D eigenvalue weighted by Gasteiger charge is 2.34. The van der Waals surface area contributed by atoms with Crippen LogP contribution in [0.25, 0.3) is 0 Å². The van der Waals surface area contributed by atoms with Crippen molar-refractivity contribution in [2.75, 3.05) is 25.9 Å². The highest BCUT2D eigenvalue weighted by molar-refractivity contribution is 7.90. The molecular weight excluding hydrogens is 364 g/mol. The molecule has 3 rings (SSSR count). The van der Waals surface area contributed by atoms with E-state index in [1.165, 1.54) is 16.4 Å². The first kappa shape index (κ1) is 17.9. The largest absolute Gasteiger partial charge is 0.313 e. The predicted molar refractivity (Wildman–Crippen MR) is 91.1 cm³/mol. The first-order valence-corrected chi connectivity index (χ1v) is 10.9. The molecule has 1 fully saturated rings. The number of piperazine rings is 1. The molecule has 1 saturated heterocycles. The summed E-state index contributed by atoms with van der Waals surface area (Å²) in [5.41, 5.74) is 0.791. The number of sulfonamides is 1. The van der Waals surface area contributed by atoms with Crippen LogP contribution in [0.1, 0.15) is 11.6 Å². The topological polar surface area (TPSA) is 109 Å². The number of nitrogens with zero attached hydrogens (tertiary/aromatic N) is 3. The van der Waals surface area contributed by atoms with Crippen molar-refractivity contribution in [3.63, 3.8) is 0 Å². The van der Waals surface area contributed by atoms with E-state index in [1.807, 2.05) is 6.07 Å². The van der Waals surface area contributed by atoms with E-state index in [-0.39, 0.29) is 16.0 Å². The van der Waals surface area contributed by atoms with Crippen molar-refractivity contribution in [3.8, 4) is 0 Å². The summed E-state index contributed by atoms with van der Waals surface area (Å²) < 4.78 is 50.4. The molecule has 8 nitrogen and oxygen atoms in total. The molecule has 3 heterocycles. The van der Waals surface area contributed by atoms with Gasteiger partial charge < -0.3 is 5.32 Å². The molecule has 1 aliphatic heterocycles. The number of aromatic nitrogens is 2. The summed E-state index contributed by atoms with van der Waals surface area (Å²) in [5.74, 6) is 0. The van der Waals surface area contributed by atoms with Crippen molar-refractivity contribution in [2.24, 2.45) is 0 Å². The van der Waals surface area contributed by atoms with Crippen LogP contribution in [-0.2, 0) is 19.9 Å². The minimum Gasteiger partial charge on any atom is -0.313 e. The van der Waals surface area contributed by atoms with Crippen LogP contribution in [0.5, 0.6) is 0 Å². The molecule has 1 aliphatic rings. The van der Waals surface area contributed by atoms with Gasteiger partial charge in [-0.05, 0) is 23.8 Å².